The molecule has 3 unspecified atom stereocenters. The summed E-state index contributed by atoms with van der Waals surface area (Å²) >= 11 is 1.89. The molecule has 0 aliphatic heterocycles. The molecule has 0 heterocycles. The van der Waals surface area contributed by atoms with Crippen LogP contribution in [0.15, 0.2) is 0 Å². The van der Waals surface area contributed by atoms with Crippen LogP contribution in [0.4, 0.5) is 0 Å². The van der Waals surface area contributed by atoms with Crippen LogP contribution in [0.3, 0.4) is 0 Å². The third kappa shape index (κ3) is 3.51. The molecule has 3 heteroatoms. The second kappa shape index (κ2) is 6.31. The van der Waals surface area contributed by atoms with Gasteiger partial charge in [-0.1, -0.05) is 6.42 Å². The molecule has 0 aromatic carbocycles. The molecule has 3 atom stereocenters. The lowest BCUT2D eigenvalue weighted by molar-refractivity contribution is 0.405. The average Bonchev–Trinajstić information content (AvgIpc) is 2.62. The molecule has 0 spiro atoms. The van der Waals surface area contributed by atoms with Crippen molar-refractivity contribution in [3.63, 3.8) is 0 Å². The third-order valence-electron chi connectivity index (χ3n) is 2.94. The first kappa shape index (κ1) is 11.9. The molecule has 80 valence electrons. The molecule has 14 heavy (non-hydrogen) atoms. The van der Waals surface area contributed by atoms with E-state index in [0.717, 1.165) is 6.42 Å². The summed E-state index contributed by atoms with van der Waals surface area (Å²) < 4.78 is 0. The molecule has 0 bridgehead atoms. The summed E-state index contributed by atoms with van der Waals surface area (Å²) in [5.41, 5.74) is 0. The van der Waals surface area contributed by atoms with Crippen LogP contribution in [0.1, 0.15) is 32.6 Å². The molecule has 2 nitrogen and oxygen atoms in total. The van der Waals surface area contributed by atoms with Gasteiger partial charge in [0.05, 0.1) is 12.0 Å². The Bertz CT molecular complexity index is 200. The van der Waals surface area contributed by atoms with E-state index in [4.69, 9.17) is 5.26 Å². The number of rotatable bonds is 5. The van der Waals surface area contributed by atoms with Gasteiger partial charge in [-0.3, -0.25) is 0 Å². The van der Waals surface area contributed by atoms with Gasteiger partial charge in [0.25, 0.3) is 0 Å². The van der Waals surface area contributed by atoms with Crippen molar-refractivity contribution in [3.8, 4) is 6.07 Å². The lowest BCUT2D eigenvalue weighted by Gasteiger charge is -2.21. The van der Waals surface area contributed by atoms with Crippen LogP contribution in [0, 0.1) is 17.2 Å². The maximum atomic E-state index is 8.93. The number of nitriles is 1. The van der Waals surface area contributed by atoms with Crippen LogP contribution in [0.5, 0.6) is 0 Å². The van der Waals surface area contributed by atoms with E-state index in [1.54, 1.807) is 0 Å². The molecular weight excluding hydrogens is 192 g/mol. The van der Waals surface area contributed by atoms with E-state index < -0.39 is 0 Å². The Hall–Kier alpha value is -0.200. The Morgan fingerprint density at radius 1 is 1.57 bits per heavy atom. The van der Waals surface area contributed by atoms with Gasteiger partial charge >= 0.3 is 0 Å². The quantitative estimate of drug-likeness (QED) is 0.760. The molecule has 1 saturated carbocycles. The summed E-state index contributed by atoms with van der Waals surface area (Å²) in [6.45, 7) is 2.23. The van der Waals surface area contributed by atoms with Gasteiger partial charge in [0.1, 0.15) is 0 Å². The summed E-state index contributed by atoms with van der Waals surface area (Å²) in [6.07, 6.45) is 6.83. The fraction of sp³-hybridized carbons (Fsp3) is 0.909. The first-order chi connectivity index (χ1) is 6.77. The molecule has 1 rings (SSSR count). The average molecular weight is 212 g/mol. The van der Waals surface area contributed by atoms with Crippen molar-refractivity contribution in [2.45, 2.75) is 44.7 Å². The van der Waals surface area contributed by atoms with Crippen molar-refractivity contribution in [1.82, 2.24) is 5.32 Å². The topological polar surface area (TPSA) is 35.8 Å². The standard InChI is InChI=1S/C11H20N2S/c1-9(6-7-14-2)13-11-5-3-4-10(11)8-12/h9-11,13H,3-7H2,1-2H3. The fourth-order valence-corrected chi connectivity index (χ4v) is 2.65. The normalized spacial score (nSPS) is 28.6. The molecule has 1 fully saturated rings. The second-order valence-corrected chi connectivity index (χ2v) is 5.11. The highest BCUT2D eigenvalue weighted by atomic mass is 32.2. The van der Waals surface area contributed by atoms with Crippen LogP contribution < -0.4 is 5.32 Å². The zero-order valence-electron chi connectivity index (χ0n) is 9.12. The number of nitrogens with zero attached hydrogens (tertiary/aromatic N) is 1. The Balaban J connectivity index is 2.25. The van der Waals surface area contributed by atoms with Crippen LogP contribution in [0.2, 0.25) is 0 Å². The maximum Gasteiger partial charge on any atom is 0.0672 e. The van der Waals surface area contributed by atoms with Crippen molar-refractivity contribution < 1.29 is 0 Å². The summed E-state index contributed by atoms with van der Waals surface area (Å²) in [5.74, 6) is 1.46. The van der Waals surface area contributed by atoms with Gasteiger partial charge < -0.3 is 5.32 Å². The van der Waals surface area contributed by atoms with Gasteiger partial charge in [0.15, 0.2) is 0 Å². The van der Waals surface area contributed by atoms with E-state index in [1.807, 2.05) is 11.8 Å². The zero-order valence-corrected chi connectivity index (χ0v) is 9.94. The Kier molecular flexibility index (Phi) is 5.36. The Labute approximate surface area is 91.4 Å². The molecule has 0 aromatic rings. The predicted octanol–water partition coefficient (Wildman–Crippen LogP) is 2.41. The SMILES string of the molecule is CSCCC(C)NC1CCCC1C#N. The molecule has 1 aliphatic rings. The second-order valence-electron chi connectivity index (χ2n) is 4.12. The summed E-state index contributed by atoms with van der Waals surface area (Å²) in [6, 6.07) is 3.42. The number of nitrogens with one attached hydrogen (secondary N) is 1. The largest absolute Gasteiger partial charge is 0.310 e. The first-order valence-corrected chi connectivity index (χ1v) is 6.82. The van der Waals surface area contributed by atoms with E-state index in [1.165, 1.54) is 25.0 Å². The van der Waals surface area contributed by atoms with E-state index in [9.17, 15) is 0 Å². The lowest BCUT2D eigenvalue weighted by atomic mass is 10.0. The van der Waals surface area contributed by atoms with Crippen molar-refractivity contribution in [2.24, 2.45) is 5.92 Å². The van der Waals surface area contributed by atoms with Crippen molar-refractivity contribution in [3.05, 3.63) is 0 Å². The molecule has 0 amide bonds. The summed E-state index contributed by atoms with van der Waals surface area (Å²) in [4.78, 5) is 0. The molecule has 0 saturated heterocycles. The van der Waals surface area contributed by atoms with Crippen molar-refractivity contribution in [1.29, 1.82) is 5.26 Å². The molecule has 1 aliphatic carbocycles. The van der Waals surface area contributed by atoms with Crippen LogP contribution >= 0.6 is 11.8 Å². The predicted molar refractivity (Wildman–Crippen MR) is 62.3 cm³/mol. The maximum absolute atomic E-state index is 8.93. The highest BCUT2D eigenvalue weighted by Crippen LogP contribution is 2.25. The van der Waals surface area contributed by atoms with Gasteiger partial charge in [-0.15, -0.1) is 0 Å². The van der Waals surface area contributed by atoms with Crippen molar-refractivity contribution >= 4 is 11.8 Å². The van der Waals surface area contributed by atoms with Gasteiger partial charge in [0, 0.05) is 12.1 Å². The number of hydrogen-bond donors (Lipinski definition) is 1. The van der Waals surface area contributed by atoms with Gasteiger partial charge in [-0.25, -0.2) is 0 Å². The monoisotopic (exact) mass is 212 g/mol. The van der Waals surface area contributed by atoms with Crippen LogP contribution in [0.25, 0.3) is 0 Å². The van der Waals surface area contributed by atoms with Gasteiger partial charge in [-0.2, -0.15) is 17.0 Å². The Morgan fingerprint density at radius 2 is 2.36 bits per heavy atom. The van der Waals surface area contributed by atoms with E-state index >= 15 is 0 Å². The Morgan fingerprint density at radius 3 is 3.00 bits per heavy atom. The number of hydrogen-bond acceptors (Lipinski definition) is 3. The van der Waals surface area contributed by atoms with E-state index in [2.05, 4.69) is 24.6 Å². The molecule has 1 N–H and O–H groups in total. The van der Waals surface area contributed by atoms with E-state index in [0.29, 0.717) is 12.1 Å². The smallest absolute Gasteiger partial charge is 0.0672 e. The zero-order chi connectivity index (χ0) is 10.4. The first-order valence-electron chi connectivity index (χ1n) is 5.42. The molecule has 0 aromatic heterocycles. The van der Waals surface area contributed by atoms with Gasteiger partial charge in [-0.05, 0) is 38.2 Å². The van der Waals surface area contributed by atoms with E-state index in [-0.39, 0.29) is 5.92 Å². The highest BCUT2D eigenvalue weighted by Gasteiger charge is 2.27. The minimum Gasteiger partial charge on any atom is -0.310 e. The van der Waals surface area contributed by atoms with Crippen LogP contribution in [-0.2, 0) is 0 Å². The summed E-state index contributed by atoms with van der Waals surface area (Å²) in [7, 11) is 0. The molecule has 0 radical (unpaired) electrons. The van der Waals surface area contributed by atoms with Crippen molar-refractivity contribution in [2.75, 3.05) is 12.0 Å². The highest BCUT2D eigenvalue weighted by molar-refractivity contribution is 7.98. The number of thioether (sulfide) groups is 1. The fourth-order valence-electron chi connectivity index (χ4n) is 2.06. The third-order valence-corrected chi connectivity index (χ3v) is 3.58. The van der Waals surface area contributed by atoms with Gasteiger partial charge in [0.2, 0.25) is 0 Å². The lowest BCUT2D eigenvalue weighted by Crippen LogP contribution is -2.38. The molecular formula is C11H20N2S. The van der Waals surface area contributed by atoms with Crippen LogP contribution in [-0.4, -0.2) is 24.1 Å². The summed E-state index contributed by atoms with van der Waals surface area (Å²) in [5, 5.41) is 12.5. The minimum atomic E-state index is 0.256. The minimum absolute atomic E-state index is 0.256.